The van der Waals surface area contributed by atoms with Crippen LogP contribution in [0.25, 0.3) is 4.96 Å². The highest BCUT2D eigenvalue weighted by molar-refractivity contribution is 7.17. The molecule has 1 atom stereocenters. The zero-order chi connectivity index (χ0) is 20.5. The number of methoxy groups -OCH3 is 2. The summed E-state index contributed by atoms with van der Waals surface area (Å²) in [6.07, 6.45) is 0.737. The zero-order valence-electron chi connectivity index (χ0n) is 17.3. The van der Waals surface area contributed by atoms with Crippen LogP contribution in [0.2, 0.25) is 0 Å². The molecule has 1 aliphatic rings. The first-order chi connectivity index (χ1) is 14.0. The standard InChI is InChI=1S/C20H27N5O3S/c1-5-16-21-20-25(22-16)19(26)18(29-20)17(24-10-8-23(2)9-11-24)13-6-7-14(27-3)15(12-13)28-4/h6-7,12,17,26H,5,8-11H2,1-4H3. The number of piperazine rings is 1. The molecule has 8 nitrogen and oxygen atoms in total. The topological polar surface area (TPSA) is 75.4 Å². The van der Waals surface area contributed by atoms with Gasteiger partial charge in [0, 0.05) is 32.6 Å². The highest BCUT2D eigenvalue weighted by Gasteiger charge is 2.31. The van der Waals surface area contributed by atoms with Gasteiger partial charge in [0.25, 0.3) is 0 Å². The number of benzene rings is 1. The van der Waals surface area contributed by atoms with Gasteiger partial charge in [-0.3, -0.25) is 4.90 Å². The van der Waals surface area contributed by atoms with E-state index in [0.29, 0.717) is 16.5 Å². The number of aryl methyl sites for hydroxylation is 1. The smallest absolute Gasteiger partial charge is 0.230 e. The van der Waals surface area contributed by atoms with E-state index in [1.54, 1.807) is 18.7 Å². The summed E-state index contributed by atoms with van der Waals surface area (Å²) in [5.74, 6) is 2.26. The first-order valence-electron chi connectivity index (χ1n) is 9.77. The predicted octanol–water partition coefficient (Wildman–Crippen LogP) is 2.41. The van der Waals surface area contributed by atoms with E-state index in [2.05, 4.69) is 26.9 Å². The number of likely N-dealkylation sites (N-methyl/N-ethyl adjacent to an activating group) is 1. The summed E-state index contributed by atoms with van der Waals surface area (Å²) in [6, 6.07) is 5.84. The average molecular weight is 418 g/mol. The van der Waals surface area contributed by atoms with Gasteiger partial charge in [-0.2, -0.15) is 4.52 Å². The zero-order valence-corrected chi connectivity index (χ0v) is 18.1. The summed E-state index contributed by atoms with van der Waals surface area (Å²) in [5.41, 5.74) is 1.04. The third-order valence-electron chi connectivity index (χ3n) is 5.43. The first-order valence-corrected chi connectivity index (χ1v) is 10.6. The largest absolute Gasteiger partial charge is 0.493 e. The van der Waals surface area contributed by atoms with Crippen LogP contribution in [-0.2, 0) is 6.42 Å². The molecule has 1 saturated heterocycles. The maximum atomic E-state index is 11.0. The summed E-state index contributed by atoms with van der Waals surface area (Å²) in [5, 5.41) is 15.5. The minimum atomic E-state index is -0.109. The van der Waals surface area contributed by atoms with Crippen LogP contribution in [0.15, 0.2) is 18.2 Å². The van der Waals surface area contributed by atoms with Crippen LogP contribution in [0.5, 0.6) is 17.4 Å². The minimum absolute atomic E-state index is 0.109. The Labute approximate surface area is 174 Å². The van der Waals surface area contributed by atoms with Crippen molar-refractivity contribution in [2.75, 3.05) is 47.4 Å². The van der Waals surface area contributed by atoms with Crippen molar-refractivity contribution in [3.05, 3.63) is 34.5 Å². The minimum Gasteiger partial charge on any atom is -0.493 e. The van der Waals surface area contributed by atoms with Crippen LogP contribution in [0.4, 0.5) is 0 Å². The van der Waals surface area contributed by atoms with E-state index in [4.69, 9.17) is 9.47 Å². The van der Waals surface area contributed by atoms with Gasteiger partial charge in [-0.05, 0) is 24.7 Å². The van der Waals surface area contributed by atoms with Gasteiger partial charge >= 0.3 is 0 Å². The van der Waals surface area contributed by atoms with E-state index in [-0.39, 0.29) is 11.9 Å². The van der Waals surface area contributed by atoms with Gasteiger partial charge in [0.05, 0.1) is 25.1 Å². The molecular weight excluding hydrogens is 390 g/mol. The lowest BCUT2D eigenvalue weighted by atomic mass is 10.0. The third-order valence-corrected chi connectivity index (χ3v) is 6.51. The van der Waals surface area contributed by atoms with Gasteiger partial charge < -0.3 is 19.5 Å². The third kappa shape index (κ3) is 3.65. The van der Waals surface area contributed by atoms with Gasteiger partial charge in [-0.1, -0.05) is 24.3 Å². The molecule has 3 aromatic rings. The van der Waals surface area contributed by atoms with Crippen molar-refractivity contribution in [1.29, 1.82) is 0 Å². The summed E-state index contributed by atoms with van der Waals surface area (Å²) in [4.78, 5) is 10.8. The maximum Gasteiger partial charge on any atom is 0.230 e. The van der Waals surface area contributed by atoms with Crippen molar-refractivity contribution >= 4 is 16.3 Å². The second-order valence-corrected chi connectivity index (χ2v) is 8.23. The number of ether oxygens (including phenoxy) is 2. The molecule has 2 aromatic heterocycles. The summed E-state index contributed by atoms with van der Waals surface area (Å²) < 4.78 is 12.5. The molecule has 0 spiro atoms. The maximum absolute atomic E-state index is 11.0. The number of rotatable bonds is 6. The van der Waals surface area contributed by atoms with E-state index < -0.39 is 0 Å². The van der Waals surface area contributed by atoms with E-state index in [0.717, 1.165) is 48.9 Å². The lowest BCUT2D eigenvalue weighted by Gasteiger charge is -2.37. The molecule has 1 fully saturated rings. The Morgan fingerprint density at radius 2 is 1.86 bits per heavy atom. The lowest BCUT2D eigenvalue weighted by Crippen LogP contribution is -2.46. The molecule has 9 heteroatoms. The second kappa shape index (κ2) is 8.17. The number of aromatic hydroxyl groups is 1. The molecule has 0 radical (unpaired) electrons. The lowest BCUT2D eigenvalue weighted by molar-refractivity contribution is 0.127. The fourth-order valence-corrected chi connectivity index (χ4v) is 4.89. The fraction of sp³-hybridized carbons (Fsp3) is 0.500. The monoisotopic (exact) mass is 417 g/mol. The van der Waals surface area contributed by atoms with Crippen molar-refractivity contribution in [2.24, 2.45) is 0 Å². The summed E-state index contributed by atoms with van der Waals surface area (Å²) in [6.45, 7) is 5.77. The van der Waals surface area contributed by atoms with Crippen molar-refractivity contribution in [3.8, 4) is 17.4 Å². The molecule has 0 bridgehead atoms. The highest BCUT2D eigenvalue weighted by atomic mass is 32.1. The Hall–Kier alpha value is -2.36. The molecule has 156 valence electrons. The number of hydrogen-bond acceptors (Lipinski definition) is 8. The van der Waals surface area contributed by atoms with Gasteiger partial charge in [0.1, 0.15) is 0 Å². The Morgan fingerprint density at radius 3 is 2.48 bits per heavy atom. The van der Waals surface area contributed by atoms with E-state index >= 15 is 0 Å². The molecule has 29 heavy (non-hydrogen) atoms. The van der Waals surface area contributed by atoms with Crippen LogP contribution in [0.3, 0.4) is 0 Å². The van der Waals surface area contributed by atoms with Crippen molar-refractivity contribution < 1.29 is 14.6 Å². The molecule has 0 aliphatic carbocycles. The van der Waals surface area contributed by atoms with Gasteiger partial charge in [0.15, 0.2) is 17.3 Å². The second-order valence-electron chi connectivity index (χ2n) is 7.22. The van der Waals surface area contributed by atoms with Crippen LogP contribution >= 0.6 is 11.3 Å². The average Bonchev–Trinajstić information content (AvgIpc) is 3.28. The van der Waals surface area contributed by atoms with Crippen LogP contribution in [0.1, 0.15) is 29.2 Å². The van der Waals surface area contributed by atoms with Crippen LogP contribution < -0.4 is 9.47 Å². The van der Waals surface area contributed by atoms with Crippen molar-refractivity contribution in [3.63, 3.8) is 0 Å². The molecule has 3 heterocycles. The number of fused-ring (bicyclic) bond motifs is 1. The van der Waals surface area contributed by atoms with Crippen LogP contribution in [0, 0.1) is 0 Å². The Balaban J connectivity index is 1.81. The first kappa shape index (κ1) is 19.9. The molecule has 0 saturated carbocycles. The molecule has 1 N–H and O–H groups in total. The Kier molecular flexibility index (Phi) is 5.62. The molecule has 1 aliphatic heterocycles. The fourth-order valence-electron chi connectivity index (χ4n) is 3.75. The number of aromatic nitrogens is 3. The normalized spacial score (nSPS) is 17.0. The van der Waals surface area contributed by atoms with Crippen molar-refractivity contribution in [1.82, 2.24) is 24.4 Å². The Morgan fingerprint density at radius 1 is 1.14 bits per heavy atom. The van der Waals surface area contributed by atoms with E-state index in [9.17, 15) is 5.11 Å². The Bertz CT molecular complexity index is 994. The van der Waals surface area contributed by atoms with E-state index in [1.807, 2.05) is 25.1 Å². The van der Waals surface area contributed by atoms with Gasteiger partial charge in [-0.15, -0.1) is 5.10 Å². The van der Waals surface area contributed by atoms with Crippen molar-refractivity contribution in [2.45, 2.75) is 19.4 Å². The number of hydrogen-bond donors (Lipinski definition) is 1. The molecule has 0 amide bonds. The SMILES string of the molecule is CCc1nc2sc(C(c3ccc(OC)c(OC)c3)N3CCN(C)CC3)c(O)n2n1. The number of nitrogens with zero attached hydrogens (tertiary/aromatic N) is 5. The highest BCUT2D eigenvalue weighted by Crippen LogP contribution is 2.42. The van der Waals surface area contributed by atoms with Gasteiger partial charge in [0.2, 0.25) is 10.8 Å². The van der Waals surface area contributed by atoms with E-state index in [1.165, 1.54) is 11.3 Å². The molecular formula is C20H27N5O3S. The van der Waals surface area contributed by atoms with Crippen LogP contribution in [-0.4, -0.2) is 77.0 Å². The quantitative estimate of drug-likeness (QED) is 0.660. The van der Waals surface area contributed by atoms with Gasteiger partial charge in [-0.25, -0.2) is 4.98 Å². The molecule has 1 unspecified atom stereocenters. The predicted molar refractivity (Wildman–Crippen MR) is 112 cm³/mol. The summed E-state index contributed by atoms with van der Waals surface area (Å²) >= 11 is 1.49. The molecule has 1 aromatic carbocycles. The summed E-state index contributed by atoms with van der Waals surface area (Å²) in [7, 11) is 5.40. The molecule has 4 rings (SSSR count). The number of thiazole rings is 1.